The molecule has 2 aromatic heterocycles. The van der Waals surface area contributed by atoms with Crippen LogP contribution in [-0.4, -0.2) is 31.4 Å². The van der Waals surface area contributed by atoms with Crippen molar-refractivity contribution in [3.05, 3.63) is 48.5 Å². The van der Waals surface area contributed by atoms with E-state index in [9.17, 15) is 0 Å². The lowest BCUT2D eigenvalue weighted by Crippen LogP contribution is -1.98. The maximum atomic E-state index is 4.62. The molecule has 0 aliphatic carbocycles. The summed E-state index contributed by atoms with van der Waals surface area (Å²) < 4.78 is 3.84. The molecule has 0 amide bonds. The number of para-hydroxylation sites is 1. The van der Waals surface area contributed by atoms with Gasteiger partial charge in [0, 0.05) is 4.90 Å². The van der Waals surface area contributed by atoms with Gasteiger partial charge in [-0.15, -0.1) is 28.2 Å². The average Bonchev–Trinajstić information content (AvgIpc) is 3.21. The smallest absolute Gasteiger partial charge is 0.221 e. The van der Waals surface area contributed by atoms with Crippen LogP contribution in [-0.2, 0) is 0 Å². The predicted molar refractivity (Wildman–Crippen MR) is 94.7 cm³/mol. The van der Waals surface area contributed by atoms with Crippen LogP contribution in [0.15, 0.2) is 62.9 Å². The van der Waals surface area contributed by atoms with Crippen molar-refractivity contribution in [2.75, 3.05) is 6.26 Å². The summed E-state index contributed by atoms with van der Waals surface area (Å²) in [6, 6.07) is 16.3. The molecule has 0 aliphatic heterocycles. The number of hydrogen-bond acceptors (Lipinski definition) is 7. The van der Waals surface area contributed by atoms with Crippen LogP contribution < -0.4 is 0 Å². The Morgan fingerprint density at radius 3 is 2.65 bits per heavy atom. The highest BCUT2D eigenvalue weighted by Gasteiger charge is 2.13. The molecule has 8 heteroatoms. The lowest BCUT2D eigenvalue weighted by atomic mass is 10.3. The molecule has 23 heavy (non-hydrogen) atoms. The van der Waals surface area contributed by atoms with Crippen molar-refractivity contribution in [2.24, 2.45) is 0 Å². The Hall–Kier alpha value is -1.90. The molecule has 0 radical (unpaired) electrons. The van der Waals surface area contributed by atoms with Crippen molar-refractivity contribution >= 4 is 45.1 Å². The van der Waals surface area contributed by atoms with Gasteiger partial charge in [-0.2, -0.15) is 4.68 Å². The molecule has 0 fully saturated rings. The van der Waals surface area contributed by atoms with Gasteiger partial charge in [0.15, 0.2) is 4.34 Å². The molecule has 0 unspecified atom stereocenters. The molecule has 0 saturated carbocycles. The Kier molecular flexibility index (Phi) is 4.02. The Labute approximate surface area is 145 Å². The Bertz CT molecular complexity index is 912. The second-order valence-corrected chi connectivity index (χ2v) is 7.75. The molecular formula is C15H11N5S3. The van der Waals surface area contributed by atoms with Gasteiger partial charge in [0.25, 0.3) is 0 Å². The highest BCUT2D eigenvalue weighted by molar-refractivity contribution is 8.01. The number of aromatic nitrogens is 5. The van der Waals surface area contributed by atoms with Crippen LogP contribution in [0.25, 0.3) is 15.9 Å². The van der Waals surface area contributed by atoms with E-state index < -0.39 is 0 Å². The normalized spacial score (nSPS) is 11.2. The number of benzene rings is 2. The number of hydrogen-bond donors (Lipinski definition) is 0. The summed E-state index contributed by atoms with van der Waals surface area (Å²) in [4.78, 5) is 5.83. The van der Waals surface area contributed by atoms with E-state index in [1.165, 1.54) is 21.4 Å². The number of thioether (sulfide) groups is 1. The number of tetrazole rings is 1. The number of rotatable bonds is 4. The van der Waals surface area contributed by atoms with E-state index in [0.717, 1.165) is 15.5 Å². The molecule has 2 aromatic carbocycles. The SMILES string of the molecule is CSc1ccc(-n2nnnc2Sc2nc3ccccc3s2)cc1. The zero-order chi connectivity index (χ0) is 15.6. The van der Waals surface area contributed by atoms with Crippen molar-refractivity contribution in [1.29, 1.82) is 0 Å². The zero-order valence-corrected chi connectivity index (χ0v) is 14.5. The summed E-state index contributed by atoms with van der Waals surface area (Å²) in [5, 5.41) is 12.7. The van der Waals surface area contributed by atoms with Crippen LogP contribution in [0.5, 0.6) is 0 Å². The number of thiazole rings is 1. The van der Waals surface area contributed by atoms with Gasteiger partial charge in [0.1, 0.15) is 0 Å². The first-order chi connectivity index (χ1) is 11.3. The summed E-state index contributed by atoms with van der Waals surface area (Å²) in [6.07, 6.45) is 2.06. The lowest BCUT2D eigenvalue weighted by Gasteiger charge is -2.03. The summed E-state index contributed by atoms with van der Waals surface area (Å²) in [7, 11) is 0. The second-order valence-electron chi connectivity index (χ2n) is 4.62. The van der Waals surface area contributed by atoms with E-state index in [0.29, 0.717) is 5.16 Å². The zero-order valence-electron chi connectivity index (χ0n) is 12.1. The molecule has 4 rings (SSSR count). The maximum Gasteiger partial charge on any atom is 0.221 e. The van der Waals surface area contributed by atoms with Crippen LogP contribution in [0, 0.1) is 0 Å². The molecule has 0 N–H and O–H groups in total. The van der Waals surface area contributed by atoms with Crippen LogP contribution in [0.1, 0.15) is 0 Å². The van der Waals surface area contributed by atoms with Crippen LogP contribution >= 0.6 is 34.9 Å². The first-order valence-electron chi connectivity index (χ1n) is 6.80. The average molecular weight is 357 g/mol. The van der Waals surface area contributed by atoms with Gasteiger partial charge in [-0.3, -0.25) is 0 Å². The monoisotopic (exact) mass is 357 g/mol. The molecule has 114 valence electrons. The first-order valence-corrected chi connectivity index (χ1v) is 9.65. The number of fused-ring (bicyclic) bond motifs is 1. The largest absolute Gasteiger partial charge is 0.229 e. The Balaban J connectivity index is 1.66. The van der Waals surface area contributed by atoms with Crippen molar-refractivity contribution in [3.63, 3.8) is 0 Å². The minimum absolute atomic E-state index is 0.709. The fourth-order valence-corrected chi connectivity index (χ4v) is 4.47. The van der Waals surface area contributed by atoms with Gasteiger partial charge in [0.05, 0.1) is 15.9 Å². The fourth-order valence-electron chi connectivity index (χ4n) is 2.10. The number of nitrogens with zero attached hydrogens (tertiary/aromatic N) is 5. The van der Waals surface area contributed by atoms with E-state index >= 15 is 0 Å². The van der Waals surface area contributed by atoms with Crippen molar-refractivity contribution < 1.29 is 0 Å². The van der Waals surface area contributed by atoms with Gasteiger partial charge in [-0.05, 0) is 64.8 Å². The molecule has 0 spiro atoms. The molecule has 0 aliphatic rings. The standard InChI is InChI=1S/C15H11N5S3/c1-21-11-8-6-10(7-9-11)20-14(17-18-19-20)23-15-16-12-4-2-3-5-13(12)22-15/h2-9H,1H3. The van der Waals surface area contributed by atoms with Gasteiger partial charge in [0.2, 0.25) is 5.16 Å². The van der Waals surface area contributed by atoms with Gasteiger partial charge in [-0.25, -0.2) is 4.98 Å². The van der Waals surface area contributed by atoms with Crippen LogP contribution in [0.3, 0.4) is 0 Å². The predicted octanol–water partition coefficient (Wildman–Crippen LogP) is 4.15. The third-order valence-electron chi connectivity index (χ3n) is 3.21. The Morgan fingerprint density at radius 1 is 1.04 bits per heavy atom. The quantitative estimate of drug-likeness (QED) is 0.512. The van der Waals surface area contributed by atoms with Crippen LogP contribution in [0.2, 0.25) is 0 Å². The Morgan fingerprint density at radius 2 is 1.87 bits per heavy atom. The molecule has 5 nitrogen and oxygen atoms in total. The third kappa shape index (κ3) is 2.97. The maximum absolute atomic E-state index is 4.62. The van der Waals surface area contributed by atoms with Crippen LogP contribution in [0.4, 0.5) is 0 Å². The molecule has 0 saturated heterocycles. The van der Waals surface area contributed by atoms with E-state index in [-0.39, 0.29) is 0 Å². The minimum Gasteiger partial charge on any atom is -0.229 e. The van der Waals surface area contributed by atoms with Crippen molar-refractivity contribution in [2.45, 2.75) is 14.4 Å². The topological polar surface area (TPSA) is 56.5 Å². The third-order valence-corrected chi connectivity index (χ3v) is 5.99. The van der Waals surface area contributed by atoms with E-state index in [4.69, 9.17) is 0 Å². The summed E-state index contributed by atoms with van der Waals surface area (Å²) >= 11 is 4.84. The highest BCUT2D eigenvalue weighted by Crippen LogP contribution is 2.33. The molecule has 0 bridgehead atoms. The molecule has 0 atom stereocenters. The summed E-state index contributed by atoms with van der Waals surface area (Å²) in [6.45, 7) is 0. The van der Waals surface area contributed by atoms with E-state index in [2.05, 4.69) is 45.0 Å². The first kappa shape index (κ1) is 14.7. The summed E-state index contributed by atoms with van der Waals surface area (Å²) in [5.41, 5.74) is 1.94. The summed E-state index contributed by atoms with van der Waals surface area (Å²) in [5.74, 6) is 0. The second kappa shape index (κ2) is 6.31. The van der Waals surface area contributed by atoms with E-state index in [1.807, 2.05) is 30.3 Å². The fraction of sp³-hybridized carbons (Fsp3) is 0.0667. The van der Waals surface area contributed by atoms with Crippen molar-refractivity contribution in [1.82, 2.24) is 25.2 Å². The highest BCUT2D eigenvalue weighted by atomic mass is 32.2. The minimum atomic E-state index is 0.709. The molecule has 4 aromatic rings. The van der Waals surface area contributed by atoms with Gasteiger partial charge >= 0.3 is 0 Å². The molecular weight excluding hydrogens is 346 g/mol. The van der Waals surface area contributed by atoms with Gasteiger partial charge < -0.3 is 0 Å². The van der Waals surface area contributed by atoms with Gasteiger partial charge in [-0.1, -0.05) is 12.1 Å². The lowest BCUT2D eigenvalue weighted by molar-refractivity contribution is 0.755. The van der Waals surface area contributed by atoms with E-state index in [1.54, 1.807) is 27.8 Å². The van der Waals surface area contributed by atoms with Crippen molar-refractivity contribution in [3.8, 4) is 5.69 Å². The molecule has 2 heterocycles.